The molecule has 7 nitrogen and oxygen atoms in total. The summed E-state index contributed by atoms with van der Waals surface area (Å²) >= 11 is 0. The highest BCUT2D eigenvalue weighted by Gasteiger charge is 2.48. The Labute approximate surface area is 234 Å². The Kier molecular flexibility index (Phi) is 8.63. The molecule has 7 heteroatoms. The lowest BCUT2D eigenvalue weighted by molar-refractivity contribution is -0.192. The topological polar surface area (TPSA) is 97.8 Å². The third-order valence-corrected chi connectivity index (χ3v) is 7.41. The number of H-pyrrole nitrogens is 1. The van der Waals surface area contributed by atoms with Crippen LogP contribution in [-0.4, -0.2) is 57.6 Å². The summed E-state index contributed by atoms with van der Waals surface area (Å²) < 4.78 is 0. The molecule has 0 bridgehead atoms. The highest BCUT2D eigenvalue weighted by Crippen LogP contribution is 2.31. The Morgan fingerprint density at radius 3 is 2.40 bits per heavy atom. The van der Waals surface area contributed by atoms with Gasteiger partial charge in [-0.2, -0.15) is 5.06 Å². The molecule has 1 aromatic heterocycles. The molecule has 0 aliphatic carbocycles. The van der Waals surface area contributed by atoms with E-state index in [0.717, 1.165) is 33.2 Å². The quantitative estimate of drug-likeness (QED) is 0.257. The second-order valence-electron chi connectivity index (χ2n) is 10.4. The van der Waals surface area contributed by atoms with Crippen molar-refractivity contribution in [1.82, 2.24) is 15.4 Å². The van der Waals surface area contributed by atoms with Crippen molar-refractivity contribution in [3.63, 3.8) is 0 Å². The molecule has 4 N–H and O–H groups in total. The number of fused-ring (bicyclic) bond motifs is 1. The number of amides is 1. The number of rotatable bonds is 8. The number of aliphatic hydroxyl groups excluding tert-OH is 2. The molecule has 5 rings (SSSR count). The molecular weight excluding hydrogens is 502 g/mol. The number of hydroxylamine groups is 2. The van der Waals surface area contributed by atoms with Crippen LogP contribution in [0.3, 0.4) is 0 Å². The SMILES string of the molecule is Cc1ccc(C#Cc2ccc(CN3O[C@@H]([C@H](C)O)[C@@H](CO)[C@H]3C(=O)NCCc3c[nH]c4ccccc34)cc2)cc1. The van der Waals surface area contributed by atoms with Crippen LogP contribution < -0.4 is 5.32 Å². The number of carbonyl (C=O) groups is 1. The van der Waals surface area contributed by atoms with E-state index < -0.39 is 24.2 Å². The zero-order valence-electron chi connectivity index (χ0n) is 22.8. The van der Waals surface area contributed by atoms with Gasteiger partial charge in [-0.05, 0) is 61.7 Å². The lowest BCUT2D eigenvalue weighted by Gasteiger charge is -2.24. The van der Waals surface area contributed by atoms with Crippen molar-refractivity contribution in [2.75, 3.05) is 13.2 Å². The van der Waals surface area contributed by atoms with Crippen LogP contribution in [0, 0.1) is 24.7 Å². The summed E-state index contributed by atoms with van der Waals surface area (Å²) in [5.74, 6) is 5.57. The largest absolute Gasteiger partial charge is 0.396 e. The van der Waals surface area contributed by atoms with Gasteiger partial charge in [-0.25, -0.2) is 0 Å². The van der Waals surface area contributed by atoms with Gasteiger partial charge in [-0.15, -0.1) is 0 Å². The number of aliphatic hydroxyl groups is 2. The summed E-state index contributed by atoms with van der Waals surface area (Å²) in [6.45, 7) is 4.15. The van der Waals surface area contributed by atoms with Crippen molar-refractivity contribution in [1.29, 1.82) is 0 Å². The Morgan fingerprint density at radius 2 is 1.73 bits per heavy atom. The molecule has 3 aromatic carbocycles. The molecule has 0 unspecified atom stereocenters. The smallest absolute Gasteiger partial charge is 0.240 e. The molecule has 0 radical (unpaired) electrons. The average Bonchev–Trinajstić information content (AvgIpc) is 3.55. The van der Waals surface area contributed by atoms with Crippen LogP contribution in [0.5, 0.6) is 0 Å². The molecule has 0 spiro atoms. The van der Waals surface area contributed by atoms with Gasteiger partial charge in [-0.3, -0.25) is 9.63 Å². The van der Waals surface area contributed by atoms with E-state index in [9.17, 15) is 15.0 Å². The number of nitrogens with zero attached hydrogens (tertiary/aromatic N) is 1. The molecule has 1 saturated heterocycles. The predicted octanol–water partition coefficient (Wildman–Crippen LogP) is 3.71. The Balaban J connectivity index is 1.26. The lowest BCUT2D eigenvalue weighted by atomic mass is 9.92. The van der Waals surface area contributed by atoms with Crippen LogP contribution in [0.4, 0.5) is 0 Å². The first kappa shape index (κ1) is 27.6. The van der Waals surface area contributed by atoms with Gasteiger partial charge in [0, 0.05) is 40.7 Å². The zero-order chi connectivity index (χ0) is 28.1. The van der Waals surface area contributed by atoms with Gasteiger partial charge in [0.2, 0.25) is 5.91 Å². The fraction of sp³-hybridized carbons (Fsp3) is 0.303. The number of carbonyl (C=O) groups excluding carboxylic acids is 1. The van der Waals surface area contributed by atoms with Gasteiger partial charge in [-0.1, -0.05) is 59.9 Å². The van der Waals surface area contributed by atoms with E-state index in [4.69, 9.17) is 4.84 Å². The molecule has 1 aliphatic heterocycles. The number of hydrogen-bond acceptors (Lipinski definition) is 5. The van der Waals surface area contributed by atoms with Gasteiger partial charge >= 0.3 is 0 Å². The van der Waals surface area contributed by atoms with Crippen LogP contribution in [0.2, 0.25) is 0 Å². The van der Waals surface area contributed by atoms with Crippen molar-refractivity contribution in [2.45, 2.75) is 45.1 Å². The molecule has 0 saturated carbocycles. The van der Waals surface area contributed by atoms with E-state index in [0.29, 0.717) is 19.5 Å². The van der Waals surface area contributed by atoms with E-state index in [1.54, 1.807) is 12.0 Å². The second kappa shape index (κ2) is 12.5. The maximum Gasteiger partial charge on any atom is 0.240 e. The fourth-order valence-corrected chi connectivity index (χ4v) is 5.22. The highest BCUT2D eigenvalue weighted by atomic mass is 16.7. The summed E-state index contributed by atoms with van der Waals surface area (Å²) in [6.07, 6.45) is 1.10. The van der Waals surface area contributed by atoms with Crippen LogP contribution >= 0.6 is 0 Å². The van der Waals surface area contributed by atoms with E-state index in [-0.39, 0.29) is 12.5 Å². The van der Waals surface area contributed by atoms with Gasteiger partial charge in [0.05, 0.1) is 19.3 Å². The standard InChI is InChI=1S/C33H35N3O4/c1-22-7-9-24(10-8-22)11-12-25-13-15-26(16-14-25)20-36-31(29(21-37)32(40-36)23(2)38)33(39)34-18-17-27-19-35-30-6-4-3-5-28(27)30/h3-10,13-16,19,23,29,31-32,35,37-38H,17-18,20-21H2,1-2H3,(H,34,39)/t23-,29-,31-,32-/m0/s1. The maximum absolute atomic E-state index is 13.4. The van der Waals surface area contributed by atoms with E-state index in [1.807, 2.05) is 79.9 Å². The number of benzene rings is 3. The van der Waals surface area contributed by atoms with Gasteiger partial charge in [0.25, 0.3) is 0 Å². The second-order valence-corrected chi connectivity index (χ2v) is 10.4. The van der Waals surface area contributed by atoms with Crippen molar-refractivity contribution in [3.8, 4) is 11.8 Å². The molecule has 4 atom stereocenters. The monoisotopic (exact) mass is 537 g/mol. The van der Waals surface area contributed by atoms with Gasteiger partial charge in [0.1, 0.15) is 12.1 Å². The van der Waals surface area contributed by atoms with Crippen LogP contribution in [0.15, 0.2) is 79.0 Å². The number of para-hydroxylation sites is 1. The van der Waals surface area contributed by atoms with Crippen LogP contribution in [0.25, 0.3) is 10.9 Å². The van der Waals surface area contributed by atoms with E-state index in [1.165, 1.54) is 5.56 Å². The maximum atomic E-state index is 13.4. The third kappa shape index (κ3) is 6.27. The Morgan fingerprint density at radius 1 is 1.05 bits per heavy atom. The minimum Gasteiger partial charge on any atom is -0.396 e. The summed E-state index contributed by atoms with van der Waals surface area (Å²) in [5, 5.41) is 26.3. The third-order valence-electron chi connectivity index (χ3n) is 7.41. The lowest BCUT2D eigenvalue weighted by Crippen LogP contribution is -2.48. The first-order valence-corrected chi connectivity index (χ1v) is 13.7. The van der Waals surface area contributed by atoms with Gasteiger partial charge < -0.3 is 20.5 Å². The first-order chi connectivity index (χ1) is 19.4. The van der Waals surface area contributed by atoms with Crippen molar-refractivity contribution in [2.24, 2.45) is 5.92 Å². The zero-order valence-corrected chi connectivity index (χ0v) is 22.8. The first-order valence-electron chi connectivity index (χ1n) is 13.7. The Hall–Kier alpha value is -3.93. The molecule has 206 valence electrons. The number of nitrogens with one attached hydrogen (secondary N) is 2. The predicted molar refractivity (Wildman–Crippen MR) is 155 cm³/mol. The molecular formula is C33H35N3O4. The molecule has 2 heterocycles. The van der Waals surface area contributed by atoms with Crippen molar-refractivity contribution < 1.29 is 19.8 Å². The van der Waals surface area contributed by atoms with Crippen molar-refractivity contribution in [3.05, 3.63) is 107 Å². The fourth-order valence-electron chi connectivity index (χ4n) is 5.22. The normalized spacial score (nSPS) is 19.8. The summed E-state index contributed by atoms with van der Waals surface area (Å²) in [5.41, 5.74) is 6.15. The number of hydrogen-bond donors (Lipinski definition) is 4. The average molecular weight is 538 g/mol. The molecule has 1 amide bonds. The highest BCUT2D eigenvalue weighted by molar-refractivity contribution is 5.84. The molecule has 1 aliphatic rings. The number of aryl methyl sites for hydroxylation is 1. The minimum atomic E-state index is -0.844. The molecule has 1 fully saturated rings. The summed E-state index contributed by atoms with van der Waals surface area (Å²) in [4.78, 5) is 22.7. The van der Waals surface area contributed by atoms with Gasteiger partial charge in [0.15, 0.2) is 0 Å². The van der Waals surface area contributed by atoms with Crippen LogP contribution in [-0.2, 0) is 22.6 Å². The van der Waals surface area contributed by atoms with Crippen LogP contribution in [0.1, 0.15) is 34.7 Å². The van der Waals surface area contributed by atoms with E-state index >= 15 is 0 Å². The van der Waals surface area contributed by atoms with Crippen molar-refractivity contribution >= 4 is 16.8 Å². The number of aromatic amines is 1. The van der Waals surface area contributed by atoms with E-state index in [2.05, 4.69) is 28.2 Å². The minimum absolute atomic E-state index is 0.234. The summed E-state index contributed by atoms with van der Waals surface area (Å²) in [6, 6.07) is 23.2. The molecule has 4 aromatic rings. The summed E-state index contributed by atoms with van der Waals surface area (Å²) in [7, 11) is 0. The number of aromatic nitrogens is 1. The molecule has 40 heavy (non-hydrogen) atoms. The Bertz CT molecular complexity index is 1500.